The average molecular weight is 344 g/mol. The number of aromatic nitrogens is 1. The van der Waals surface area contributed by atoms with Crippen molar-refractivity contribution in [2.75, 3.05) is 29.9 Å². The van der Waals surface area contributed by atoms with E-state index in [4.69, 9.17) is 4.52 Å². The molecule has 1 heterocycles. The van der Waals surface area contributed by atoms with Crippen LogP contribution in [0.3, 0.4) is 0 Å². The number of para-hydroxylation sites is 1. The number of aryl methyl sites for hydroxylation is 2. The molecule has 0 aliphatic carbocycles. The van der Waals surface area contributed by atoms with Crippen molar-refractivity contribution in [2.45, 2.75) is 27.2 Å². The van der Waals surface area contributed by atoms with Gasteiger partial charge in [0, 0.05) is 25.3 Å². The van der Waals surface area contributed by atoms with Crippen molar-refractivity contribution in [1.82, 2.24) is 10.5 Å². The second-order valence-electron chi connectivity index (χ2n) is 5.68. The van der Waals surface area contributed by atoms with E-state index in [0.29, 0.717) is 23.7 Å². The quantitative estimate of drug-likeness (QED) is 0.594. The summed E-state index contributed by atoms with van der Waals surface area (Å²) < 4.78 is 4.95. The van der Waals surface area contributed by atoms with Crippen LogP contribution in [0, 0.1) is 13.8 Å². The molecule has 134 valence electrons. The van der Waals surface area contributed by atoms with Gasteiger partial charge < -0.3 is 20.1 Å². The van der Waals surface area contributed by atoms with Crippen LogP contribution in [0.4, 0.5) is 11.4 Å². The molecule has 2 aromatic rings. The second kappa shape index (κ2) is 8.86. The molecule has 7 heteroatoms. The van der Waals surface area contributed by atoms with Gasteiger partial charge in [0.2, 0.25) is 0 Å². The molecule has 0 radical (unpaired) electrons. The maximum atomic E-state index is 11.9. The Balaban J connectivity index is 1.75. The SMILES string of the molecule is CCN(CCCNC(=O)C(=O)Nc1c(C)noc1C)c1ccccc1. The first kappa shape index (κ1) is 18.5. The molecule has 0 fully saturated rings. The first-order valence-electron chi connectivity index (χ1n) is 8.35. The molecule has 2 rings (SSSR count). The van der Waals surface area contributed by atoms with Crippen molar-refractivity contribution in [3.8, 4) is 0 Å². The first-order chi connectivity index (χ1) is 12.0. The highest BCUT2D eigenvalue weighted by Gasteiger charge is 2.18. The zero-order valence-electron chi connectivity index (χ0n) is 14.8. The fourth-order valence-electron chi connectivity index (χ4n) is 2.49. The summed E-state index contributed by atoms with van der Waals surface area (Å²) in [6.45, 7) is 7.57. The highest BCUT2D eigenvalue weighted by molar-refractivity contribution is 6.39. The lowest BCUT2D eigenvalue weighted by molar-refractivity contribution is -0.136. The predicted molar refractivity (Wildman–Crippen MR) is 96.6 cm³/mol. The number of carbonyl (C=O) groups excluding carboxylic acids is 2. The van der Waals surface area contributed by atoms with Crippen LogP contribution in [0.25, 0.3) is 0 Å². The highest BCUT2D eigenvalue weighted by atomic mass is 16.5. The minimum absolute atomic E-state index is 0.428. The lowest BCUT2D eigenvalue weighted by Crippen LogP contribution is -2.37. The van der Waals surface area contributed by atoms with Gasteiger partial charge in [-0.15, -0.1) is 0 Å². The van der Waals surface area contributed by atoms with Crippen molar-refractivity contribution >= 4 is 23.2 Å². The van der Waals surface area contributed by atoms with Crippen molar-refractivity contribution in [1.29, 1.82) is 0 Å². The maximum Gasteiger partial charge on any atom is 0.313 e. The summed E-state index contributed by atoms with van der Waals surface area (Å²) >= 11 is 0. The van der Waals surface area contributed by atoms with E-state index in [1.807, 2.05) is 18.2 Å². The molecule has 25 heavy (non-hydrogen) atoms. The van der Waals surface area contributed by atoms with E-state index in [0.717, 1.165) is 25.2 Å². The number of hydrogen-bond acceptors (Lipinski definition) is 5. The summed E-state index contributed by atoms with van der Waals surface area (Å²) in [5.41, 5.74) is 2.13. The smallest absolute Gasteiger partial charge is 0.313 e. The normalized spacial score (nSPS) is 10.4. The Hall–Kier alpha value is -2.83. The lowest BCUT2D eigenvalue weighted by Gasteiger charge is -2.23. The number of rotatable bonds is 7. The van der Waals surface area contributed by atoms with Crippen LogP contribution in [0.15, 0.2) is 34.9 Å². The molecule has 2 amide bonds. The van der Waals surface area contributed by atoms with E-state index in [1.54, 1.807) is 13.8 Å². The molecule has 0 atom stereocenters. The molecule has 1 aromatic heterocycles. The van der Waals surface area contributed by atoms with Gasteiger partial charge in [-0.2, -0.15) is 0 Å². The highest BCUT2D eigenvalue weighted by Crippen LogP contribution is 2.18. The van der Waals surface area contributed by atoms with E-state index in [-0.39, 0.29) is 0 Å². The van der Waals surface area contributed by atoms with Crippen LogP contribution in [0.5, 0.6) is 0 Å². The summed E-state index contributed by atoms with van der Waals surface area (Å²) in [7, 11) is 0. The Bertz CT molecular complexity index is 693. The van der Waals surface area contributed by atoms with Gasteiger partial charge in [-0.1, -0.05) is 23.4 Å². The van der Waals surface area contributed by atoms with E-state index < -0.39 is 11.8 Å². The van der Waals surface area contributed by atoms with Crippen molar-refractivity contribution in [2.24, 2.45) is 0 Å². The molecule has 0 aliphatic heterocycles. The summed E-state index contributed by atoms with van der Waals surface area (Å²) in [6.07, 6.45) is 0.743. The number of nitrogens with one attached hydrogen (secondary N) is 2. The average Bonchev–Trinajstić information content (AvgIpc) is 2.94. The van der Waals surface area contributed by atoms with Gasteiger partial charge in [0.25, 0.3) is 0 Å². The number of nitrogens with zero attached hydrogens (tertiary/aromatic N) is 2. The van der Waals surface area contributed by atoms with E-state index >= 15 is 0 Å². The Labute approximate surface area is 147 Å². The van der Waals surface area contributed by atoms with Crippen LogP contribution in [0.1, 0.15) is 24.8 Å². The van der Waals surface area contributed by atoms with Gasteiger partial charge in [-0.3, -0.25) is 9.59 Å². The van der Waals surface area contributed by atoms with E-state index in [2.05, 4.69) is 39.7 Å². The largest absolute Gasteiger partial charge is 0.372 e. The molecule has 0 bridgehead atoms. The first-order valence-corrected chi connectivity index (χ1v) is 8.35. The molecule has 1 aromatic carbocycles. The number of benzene rings is 1. The minimum atomic E-state index is -0.718. The Morgan fingerprint density at radius 2 is 1.88 bits per heavy atom. The molecule has 2 N–H and O–H groups in total. The zero-order valence-corrected chi connectivity index (χ0v) is 14.8. The van der Waals surface area contributed by atoms with E-state index in [1.165, 1.54) is 0 Å². The monoisotopic (exact) mass is 344 g/mol. The van der Waals surface area contributed by atoms with Crippen molar-refractivity contribution in [3.63, 3.8) is 0 Å². The minimum Gasteiger partial charge on any atom is -0.372 e. The lowest BCUT2D eigenvalue weighted by atomic mass is 10.2. The predicted octanol–water partition coefficient (Wildman–Crippen LogP) is 2.26. The van der Waals surface area contributed by atoms with Crippen LogP contribution in [0.2, 0.25) is 0 Å². The summed E-state index contributed by atoms with van der Waals surface area (Å²) in [5, 5.41) is 8.90. The number of amides is 2. The number of hydrogen-bond donors (Lipinski definition) is 2. The van der Waals surface area contributed by atoms with Gasteiger partial charge in [0.05, 0.1) is 0 Å². The van der Waals surface area contributed by atoms with Crippen LogP contribution < -0.4 is 15.5 Å². The van der Waals surface area contributed by atoms with E-state index in [9.17, 15) is 9.59 Å². The molecule has 0 saturated heterocycles. The zero-order chi connectivity index (χ0) is 18.2. The van der Waals surface area contributed by atoms with Crippen molar-refractivity contribution in [3.05, 3.63) is 41.8 Å². The fourth-order valence-corrected chi connectivity index (χ4v) is 2.49. The van der Waals surface area contributed by atoms with Crippen LogP contribution in [-0.4, -0.2) is 36.6 Å². The topological polar surface area (TPSA) is 87.5 Å². The molecule has 0 spiro atoms. The standard InChI is InChI=1S/C18H24N4O3/c1-4-22(15-9-6-5-7-10-15)12-8-11-19-17(23)18(24)20-16-13(2)21-25-14(16)3/h5-7,9-10H,4,8,11-12H2,1-3H3,(H,19,23)(H,20,24). The maximum absolute atomic E-state index is 11.9. The molecular weight excluding hydrogens is 320 g/mol. The van der Waals surface area contributed by atoms with Crippen LogP contribution >= 0.6 is 0 Å². The fraction of sp³-hybridized carbons (Fsp3) is 0.389. The number of carbonyl (C=O) groups is 2. The Morgan fingerprint density at radius 1 is 1.16 bits per heavy atom. The third-order valence-electron chi connectivity index (χ3n) is 3.87. The third-order valence-corrected chi connectivity index (χ3v) is 3.87. The third kappa shape index (κ3) is 5.07. The summed E-state index contributed by atoms with van der Waals surface area (Å²) in [4.78, 5) is 26.0. The molecule has 7 nitrogen and oxygen atoms in total. The van der Waals surface area contributed by atoms with Crippen molar-refractivity contribution < 1.29 is 14.1 Å². The molecule has 0 aliphatic rings. The molecular formula is C18H24N4O3. The van der Waals surface area contributed by atoms with Crippen LogP contribution in [-0.2, 0) is 9.59 Å². The van der Waals surface area contributed by atoms with Gasteiger partial charge >= 0.3 is 11.8 Å². The Morgan fingerprint density at radius 3 is 2.48 bits per heavy atom. The van der Waals surface area contributed by atoms with Gasteiger partial charge in [-0.05, 0) is 39.3 Å². The second-order valence-corrected chi connectivity index (χ2v) is 5.68. The summed E-state index contributed by atoms with van der Waals surface area (Å²) in [5.74, 6) is -0.910. The summed E-state index contributed by atoms with van der Waals surface area (Å²) in [6, 6.07) is 10.1. The molecule has 0 unspecified atom stereocenters. The number of anilines is 2. The molecule has 0 saturated carbocycles. The Kier molecular flexibility index (Phi) is 6.56. The van der Waals surface area contributed by atoms with Gasteiger partial charge in [0.15, 0.2) is 5.76 Å². The van der Waals surface area contributed by atoms with Gasteiger partial charge in [0.1, 0.15) is 11.4 Å². The van der Waals surface area contributed by atoms with Gasteiger partial charge in [-0.25, -0.2) is 0 Å².